The summed E-state index contributed by atoms with van der Waals surface area (Å²) >= 11 is 5.88. The van der Waals surface area contributed by atoms with Crippen LogP contribution in [0.15, 0.2) is 39.3 Å². The van der Waals surface area contributed by atoms with Crippen LogP contribution >= 0.6 is 31.9 Å². The van der Waals surface area contributed by atoms with Gasteiger partial charge in [-0.1, -0.05) is 6.07 Å². The lowest BCUT2D eigenvalue weighted by molar-refractivity contribution is 0.102. The Morgan fingerprint density at radius 3 is 2.40 bits per heavy atom. The molecule has 2 aromatic rings. The minimum Gasteiger partial charge on any atom is -0.318 e. The molecule has 0 saturated carbocycles. The van der Waals surface area contributed by atoms with Crippen LogP contribution in [0.5, 0.6) is 0 Å². The average Bonchev–Trinajstić information content (AvgIpc) is 2.36. The van der Waals surface area contributed by atoms with E-state index >= 15 is 0 Å². The quantitative estimate of drug-likeness (QED) is 0.753. The highest BCUT2D eigenvalue weighted by Gasteiger charge is 2.17. The maximum Gasteiger partial charge on any atom is 0.258 e. The van der Waals surface area contributed by atoms with E-state index in [1.165, 1.54) is 18.2 Å². The average molecular weight is 409 g/mol. The number of hydrogen-bond donors (Lipinski definition) is 1. The Labute approximate surface area is 129 Å². The number of carbonyl (C=O) groups excluding carboxylic acids is 1. The smallest absolute Gasteiger partial charge is 0.258 e. The molecule has 2 rings (SSSR count). The number of benzene rings is 2. The zero-order chi connectivity index (χ0) is 14.9. The molecule has 0 saturated heterocycles. The Bertz CT molecular complexity index is 668. The van der Waals surface area contributed by atoms with E-state index in [4.69, 9.17) is 0 Å². The molecular formula is C13H6Br2F3NO. The van der Waals surface area contributed by atoms with Crippen LogP contribution in [-0.2, 0) is 0 Å². The molecule has 1 N–H and O–H groups in total. The second-order valence-corrected chi connectivity index (χ2v) is 5.51. The van der Waals surface area contributed by atoms with Crippen LogP contribution in [0.2, 0.25) is 0 Å². The summed E-state index contributed by atoms with van der Waals surface area (Å²) in [6.07, 6.45) is 0. The third kappa shape index (κ3) is 3.04. The fraction of sp³-hybridized carbons (Fsp3) is 0. The van der Waals surface area contributed by atoms with Crippen LogP contribution in [0.3, 0.4) is 0 Å². The van der Waals surface area contributed by atoms with Gasteiger partial charge in [0.15, 0.2) is 5.82 Å². The van der Waals surface area contributed by atoms with Gasteiger partial charge in [0, 0.05) is 10.5 Å². The standard InChI is InChI=1S/C13H6Br2F3NO/c14-8-3-1-2-7(11(8)18)13(20)19-12-9(15)4-6(16)5-10(12)17/h1-5H,(H,19,20). The first kappa shape index (κ1) is 15.1. The highest BCUT2D eigenvalue weighted by atomic mass is 79.9. The van der Waals surface area contributed by atoms with Crippen molar-refractivity contribution in [3.05, 3.63) is 62.3 Å². The van der Waals surface area contributed by atoms with Gasteiger partial charge in [-0.05, 0) is 50.1 Å². The Hall–Kier alpha value is -1.34. The minimum absolute atomic E-state index is 0.0266. The number of nitrogens with one attached hydrogen (secondary N) is 1. The predicted octanol–water partition coefficient (Wildman–Crippen LogP) is 4.88. The van der Waals surface area contributed by atoms with E-state index in [0.717, 1.165) is 6.07 Å². The third-order valence-electron chi connectivity index (χ3n) is 2.44. The van der Waals surface area contributed by atoms with Crippen molar-refractivity contribution in [2.24, 2.45) is 0 Å². The Kier molecular flexibility index (Phi) is 4.49. The fourth-order valence-corrected chi connectivity index (χ4v) is 2.40. The van der Waals surface area contributed by atoms with Crippen LogP contribution in [0.4, 0.5) is 18.9 Å². The maximum absolute atomic E-state index is 13.7. The van der Waals surface area contributed by atoms with E-state index in [1.807, 2.05) is 0 Å². The largest absolute Gasteiger partial charge is 0.318 e. The van der Waals surface area contributed by atoms with Crippen molar-refractivity contribution in [1.82, 2.24) is 0 Å². The molecule has 2 aromatic carbocycles. The molecular weight excluding hydrogens is 403 g/mol. The number of rotatable bonds is 2. The number of halogens is 5. The van der Waals surface area contributed by atoms with Crippen molar-refractivity contribution in [2.45, 2.75) is 0 Å². The number of anilines is 1. The Balaban J connectivity index is 2.36. The molecule has 0 bridgehead atoms. The van der Waals surface area contributed by atoms with Crippen LogP contribution in [0, 0.1) is 17.5 Å². The number of hydrogen-bond acceptors (Lipinski definition) is 1. The van der Waals surface area contributed by atoms with Gasteiger partial charge in [-0.3, -0.25) is 4.79 Å². The van der Waals surface area contributed by atoms with Gasteiger partial charge >= 0.3 is 0 Å². The second kappa shape index (κ2) is 5.97. The third-order valence-corrected chi connectivity index (χ3v) is 3.68. The normalized spacial score (nSPS) is 10.4. The molecule has 0 aromatic heterocycles. The van der Waals surface area contributed by atoms with Crippen LogP contribution in [0.1, 0.15) is 10.4 Å². The van der Waals surface area contributed by atoms with E-state index in [-0.39, 0.29) is 20.2 Å². The van der Waals surface area contributed by atoms with Gasteiger partial charge in [0.05, 0.1) is 15.7 Å². The van der Waals surface area contributed by atoms with Gasteiger partial charge in [0.25, 0.3) is 5.91 Å². The van der Waals surface area contributed by atoms with E-state index < -0.39 is 23.4 Å². The lowest BCUT2D eigenvalue weighted by Crippen LogP contribution is -2.15. The van der Waals surface area contributed by atoms with E-state index in [0.29, 0.717) is 6.07 Å². The predicted molar refractivity (Wildman–Crippen MR) is 76.1 cm³/mol. The summed E-state index contributed by atoms with van der Waals surface area (Å²) in [5.74, 6) is -3.35. The van der Waals surface area contributed by atoms with Gasteiger partial charge in [0.1, 0.15) is 11.6 Å². The van der Waals surface area contributed by atoms with E-state index in [9.17, 15) is 18.0 Å². The summed E-state index contributed by atoms with van der Waals surface area (Å²) in [5.41, 5.74) is -0.509. The first-order valence-corrected chi connectivity index (χ1v) is 6.88. The molecule has 1 amide bonds. The summed E-state index contributed by atoms with van der Waals surface area (Å²) < 4.78 is 40.4. The van der Waals surface area contributed by atoms with Crippen molar-refractivity contribution < 1.29 is 18.0 Å². The Morgan fingerprint density at radius 2 is 1.75 bits per heavy atom. The van der Waals surface area contributed by atoms with Gasteiger partial charge in [-0.15, -0.1) is 0 Å². The molecule has 7 heteroatoms. The van der Waals surface area contributed by atoms with E-state index in [2.05, 4.69) is 37.2 Å². The van der Waals surface area contributed by atoms with Crippen molar-refractivity contribution >= 4 is 43.5 Å². The first-order chi connectivity index (χ1) is 9.40. The van der Waals surface area contributed by atoms with Crippen LogP contribution in [0.25, 0.3) is 0 Å². The van der Waals surface area contributed by atoms with Gasteiger partial charge in [0.2, 0.25) is 0 Å². The lowest BCUT2D eigenvalue weighted by Gasteiger charge is -2.10. The molecule has 104 valence electrons. The highest BCUT2D eigenvalue weighted by molar-refractivity contribution is 9.10. The molecule has 2 nitrogen and oxygen atoms in total. The van der Waals surface area contributed by atoms with Crippen molar-refractivity contribution in [1.29, 1.82) is 0 Å². The Morgan fingerprint density at radius 1 is 1.05 bits per heavy atom. The zero-order valence-electron chi connectivity index (χ0n) is 9.68. The summed E-state index contributed by atoms with van der Waals surface area (Å²) in [4.78, 5) is 11.9. The monoisotopic (exact) mass is 407 g/mol. The summed E-state index contributed by atoms with van der Waals surface area (Å²) in [5, 5.41) is 2.20. The van der Waals surface area contributed by atoms with Gasteiger partial charge in [-0.2, -0.15) is 0 Å². The second-order valence-electron chi connectivity index (χ2n) is 3.80. The molecule has 20 heavy (non-hydrogen) atoms. The van der Waals surface area contributed by atoms with Crippen molar-refractivity contribution in [3.63, 3.8) is 0 Å². The first-order valence-electron chi connectivity index (χ1n) is 5.30. The molecule has 0 heterocycles. The molecule has 0 atom stereocenters. The lowest BCUT2D eigenvalue weighted by atomic mass is 10.2. The molecule has 0 aliphatic rings. The summed E-state index contributed by atoms with van der Waals surface area (Å²) in [7, 11) is 0. The van der Waals surface area contributed by atoms with Crippen LogP contribution < -0.4 is 5.32 Å². The highest BCUT2D eigenvalue weighted by Crippen LogP contribution is 2.28. The summed E-state index contributed by atoms with van der Waals surface area (Å²) in [6, 6.07) is 5.77. The molecule has 0 aliphatic carbocycles. The topological polar surface area (TPSA) is 29.1 Å². The fourth-order valence-electron chi connectivity index (χ4n) is 1.52. The zero-order valence-corrected chi connectivity index (χ0v) is 12.9. The summed E-state index contributed by atoms with van der Waals surface area (Å²) in [6.45, 7) is 0. The molecule has 0 radical (unpaired) electrons. The molecule has 0 aliphatic heterocycles. The van der Waals surface area contributed by atoms with Crippen molar-refractivity contribution in [2.75, 3.05) is 5.32 Å². The number of amides is 1. The van der Waals surface area contributed by atoms with E-state index in [1.54, 1.807) is 0 Å². The van der Waals surface area contributed by atoms with Gasteiger partial charge in [-0.25, -0.2) is 13.2 Å². The maximum atomic E-state index is 13.7. The SMILES string of the molecule is O=C(Nc1c(F)cc(F)cc1Br)c1cccc(Br)c1F. The molecule has 0 unspecified atom stereocenters. The number of carbonyl (C=O) groups is 1. The minimum atomic E-state index is -0.958. The molecule has 0 spiro atoms. The van der Waals surface area contributed by atoms with Gasteiger partial charge < -0.3 is 5.32 Å². The van der Waals surface area contributed by atoms with Crippen LogP contribution in [-0.4, -0.2) is 5.91 Å². The van der Waals surface area contributed by atoms with Crippen molar-refractivity contribution in [3.8, 4) is 0 Å². The molecule has 0 fully saturated rings.